The Hall–Kier alpha value is 0.970. The average molecular weight is 249 g/mol. The van der Waals surface area contributed by atoms with Gasteiger partial charge >= 0.3 is 44.2 Å². The molecule has 3 nitrogen and oxygen atoms in total. The second kappa shape index (κ2) is 11.0. The minimum atomic E-state index is 0. The second-order valence-corrected chi connectivity index (χ2v) is 3.90. The standard InChI is InChI=1S/C7H13NO2S2.Ca.2H/c1-3-4-5-12-7(11)8(2)10-6-9;;;/h6H,3-5H2,1-2H3;;;/q;+2;2*-1. The normalized spacial score (nSPS) is 8.46. The topological polar surface area (TPSA) is 29.5 Å². The van der Waals surface area contributed by atoms with Crippen LogP contribution in [0.25, 0.3) is 0 Å². The summed E-state index contributed by atoms with van der Waals surface area (Å²) in [5.74, 6) is 0.974. The van der Waals surface area contributed by atoms with E-state index < -0.39 is 0 Å². The zero-order valence-corrected chi connectivity index (χ0v) is 11.8. The third-order valence-corrected chi connectivity index (χ3v) is 2.79. The fraction of sp³-hybridized carbons (Fsp3) is 0.714. The maximum atomic E-state index is 9.92. The third-order valence-electron chi connectivity index (χ3n) is 1.18. The van der Waals surface area contributed by atoms with Crippen molar-refractivity contribution in [1.29, 1.82) is 0 Å². The molecular weight excluding hydrogens is 234 g/mol. The van der Waals surface area contributed by atoms with Crippen molar-refractivity contribution in [3.63, 3.8) is 0 Å². The summed E-state index contributed by atoms with van der Waals surface area (Å²) < 4.78 is 0.593. The molecule has 0 saturated heterocycles. The Morgan fingerprint density at radius 2 is 2.38 bits per heavy atom. The zero-order valence-electron chi connectivity index (χ0n) is 9.99. The average Bonchev–Trinajstić information content (AvgIpc) is 2.05. The maximum absolute atomic E-state index is 9.92. The van der Waals surface area contributed by atoms with Gasteiger partial charge in [0.05, 0.1) is 0 Å². The molecule has 0 atom stereocenters. The Kier molecular flexibility index (Phi) is 13.9. The fourth-order valence-corrected chi connectivity index (χ4v) is 1.63. The van der Waals surface area contributed by atoms with Crippen LogP contribution in [-0.2, 0) is 9.63 Å². The molecule has 0 fully saturated rings. The van der Waals surface area contributed by atoms with E-state index in [1.165, 1.54) is 16.8 Å². The van der Waals surface area contributed by atoms with Gasteiger partial charge in [-0.2, -0.15) is 5.06 Å². The number of thioether (sulfide) groups is 1. The minimum absolute atomic E-state index is 0. The number of nitrogens with zero attached hydrogens (tertiary/aromatic N) is 1. The van der Waals surface area contributed by atoms with Gasteiger partial charge in [0.15, 0.2) is 4.32 Å². The molecule has 0 amide bonds. The van der Waals surface area contributed by atoms with Crippen LogP contribution in [0.3, 0.4) is 0 Å². The van der Waals surface area contributed by atoms with E-state index in [0.29, 0.717) is 10.8 Å². The number of unbranched alkanes of at least 4 members (excludes halogenated alkanes) is 1. The van der Waals surface area contributed by atoms with Gasteiger partial charge in [-0.05, 0) is 18.6 Å². The van der Waals surface area contributed by atoms with E-state index >= 15 is 0 Å². The molecular formula is C7H15CaNO2S2. The Labute approximate surface area is 121 Å². The molecule has 0 aromatic rings. The molecule has 0 radical (unpaired) electrons. The smallest absolute Gasteiger partial charge is 1.00 e. The van der Waals surface area contributed by atoms with Crippen molar-refractivity contribution in [2.45, 2.75) is 19.8 Å². The van der Waals surface area contributed by atoms with Crippen molar-refractivity contribution in [3.05, 3.63) is 0 Å². The summed E-state index contributed by atoms with van der Waals surface area (Å²) in [6.45, 7) is 2.49. The Bertz CT molecular complexity index is 166. The van der Waals surface area contributed by atoms with Gasteiger partial charge in [-0.25, -0.2) is 0 Å². The van der Waals surface area contributed by atoms with E-state index in [2.05, 4.69) is 11.8 Å². The molecule has 0 aromatic carbocycles. The van der Waals surface area contributed by atoms with Crippen molar-refractivity contribution >= 4 is 72.5 Å². The van der Waals surface area contributed by atoms with Crippen LogP contribution < -0.4 is 0 Å². The van der Waals surface area contributed by atoms with E-state index in [9.17, 15) is 4.79 Å². The number of hydrogen-bond acceptors (Lipinski definition) is 4. The molecule has 0 bridgehead atoms. The zero-order chi connectivity index (χ0) is 9.40. The number of carbonyl (C=O) groups excluding carboxylic acids is 1. The van der Waals surface area contributed by atoms with Crippen molar-refractivity contribution in [2.75, 3.05) is 12.8 Å². The Morgan fingerprint density at radius 3 is 2.85 bits per heavy atom. The van der Waals surface area contributed by atoms with Gasteiger partial charge in [-0.15, -0.1) is 0 Å². The summed E-state index contributed by atoms with van der Waals surface area (Å²) in [6.07, 6.45) is 2.27. The van der Waals surface area contributed by atoms with E-state index in [4.69, 9.17) is 12.2 Å². The molecule has 6 heteroatoms. The molecule has 0 saturated carbocycles. The van der Waals surface area contributed by atoms with Crippen LogP contribution in [0.2, 0.25) is 0 Å². The number of rotatable bonds is 5. The first kappa shape index (κ1) is 16.4. The largest absolute Gasteiger partial charge is 2.00 e. The summed E-state index contributed by atoms with van der Waals surface area (Å²) in [7, 11) is 1.62. The van der Waals surface area contributed by atoms with Gasteiger partial charge in [-0.3, -0.25) is 4.79 Å². The molecule has 0 heterocycles. The van der Waals surface area contributed by atoms with Crippen LogP contribution in [-0.4, -0.2) is 66.4 Å². The Balaban J connectivity index is -0.000000202. The predicted molar refractivity (Wildman–Crippen MR) is 62.9 cm³/mol. The van der Waals surface area contributed by atoms with E-state index in [0.717, 1.165) is 18.6 Å². The van der Waals surface area contributed by atoms with E-state index in [1.807, 2.05) is 0 Å². The van der Waals surface area contributed by atoms with Crippen LogP contribution in [0.4, 0.5) is 0 Å². The molecule has 0 rings (SSSR count). The van der Waals surface area contributed by atoms with Crippen molar-refractivity contribution in [3.8, 4) is 0 Å². The van der Waals surface area contributed by atoms with Crippen LogP contribution >= 0.6 is 24.0 Å². The van der Waals surface area contributed by atoms with Crippen LogP contribution in [0, 0.1) is 0 Å². The van der Waals surface area contributed by atoms with Gasteiger partial charge < -0.3 is 7.69 Å². The third kappa shape index (κ3) is 9.28. The SMILES string of the molecule is CCCCSC(=S)N(C)OC=O.[Ca+2].[H-].[H-]. The quantitative estimate of drug-likeness (QED) is 0.243. The van der Waals surface area contributed by atoms with Crippen molar-refractivity contribution < 1.29 is 12.5 Å². The molecule has 0 unspecified atom stereocenters. The van der Waals surface area contributed by atoms with E-state index in [1.54, 1.807) is 7.05 Å². The molecule has 13 heavy (non-hydrogen) atoms. The first-order chi connectivity index (χ1) is 5.72. The molecule has 0 aromatic heterocycles. The first-order valence-corrected chi connectivity index (χ1v) is 5.12. The molecule has 0 spiro atoms. The van der Waals surface area contributed by atoms with Crippen molar-refractivity contribution in [1.82, 2.24) is 5.06 Å². The number of thiocarbonyl (C=S) groups is 1. The summed E-state index contributed by atoms with van der Waals surface area (Å²) in [6, 6.07) is 0. The summed E-state index contributed by atoms with van der Waals surface area (Å²) in [5.41, 5.74) is 0. The number of hydroxylamine groups is 2. The predicted octanol–water partition coefficient (Wildman–Crippen LogP) is 1.67. The van der Waals surface area contributed by atoms with Crippen molar-refractivity contribution in [2.24, 2.45) is 0 Å². The minimum Gasteiger partial charge on any atom is -1.00 e. The van der Waals surface area contributed by atoms with Crippen LogP contribution in [0.5, 0.6) is 0 Å². The fourth-order valence-electron chi connectivity index (χ4n) is 0.502. The van der Waals surface area contributed by atoms with E-state index in [-0.39, 0.29) is 40.6 Å². The summed E-state index contributed by atoms with van der Waals surface area (Å²) in [4.78, 5) is 14.4. The van der Waals surface area contributed by atoms with Gasteiger partial charge in [0.25, 0.3) is 0 Å². The van der Waals surface area contributed by atoms with Gasteiger partial charge in [-0.1, -0.05) is 25.1 Å². The Morgan fingerprint density at radius 1 is 1.77 bits per heavy atom. The molecule has 0 aliphatic rings. The molecule has 0 aliphatic heterocycles. The number of hydrogen-bond donors (Lipinski definition) is 0. The number of carbonyl (C=O) groups is 1. The van der Waals surface area contributed by atoms with Gasteiger partial charge in [0.2, 0.25) is 0 Å². The molecule has 0 aliphatic carbocycles. The summed E-state index contributed by atoms with van der Waals surface area (Å²) in [5, 5.41) is 1.29. The molecule has 74 valence electrons. The van der Waals surface area contributed by atoms with Crippen LogP contribution in [0.15, 0.2) is 0 Å². The maximum Gasteiger partial charge on any atom is 2.00 e. The first-order valence-electron chi connectivity index (χ1n) is 3.73. The molecule has 0 N–H and O–H groups in total. The second-order valence-electron chi connectivity index (χ2n) is 2.17. The summed E-state index contributed by atoms with van der Waals surface area (Å²) >= 11 is 6.48. The van der Waals surface area contributed by atoms with Gasteiger partial charge in [0.1, 0.15) is 0 Å². The van der Waals surface area contributed by atoms with Gasteiger partial charge in [0, 0.05) is 12.8 Å². The monoisotopic (exact) mass is 249 g/mol. The van der Waals surface area contributed by atoms with Crippen LogP contribution in [0.1, 0.15) is 22.6 Å².